The van der Waals surface area contributed by atoms with E-state index in [0.717, 1.165) is 12.0 Å². The van der Waals surface area contributed by atoms with E-state index in [4.69, 9.17) is 0 Å². The van der Waals surface area contributed by atoms with E-state index < -0.39 is 11.2 Å². The first kappa shape index (κ1) is 23.4. The smallest absolute Gasteiger partial charge is 0.329 e. The Balaban J connectivity index is 2.26. The molecule has 0 saturated carbocycles. The Morgan fingerprint density at radius 2 is 1.81 bits per heavy atom. The Bertz CT molecular complexity index is 1210. The molecule has 3 aromatic rings. The number of pyridine rings is 1. The third-order valence-electron chi connectivity index (χ3n) is 5.82. The van der Waals surface area contributed by atoms with E-state index in [2.05, 4.69) is 9.97 Å². The summed E-state index contributed by atoms with van der Waals surface area (Å²) in [5.74, 6) is -0.203. The maximum absolute atomic E-state index is 13.9. The third kappa shape index (κ3) is 4.66. The molecule has 1 unspecified atom stereocenters. The first-order valence-electron chi connectivity index (χ1n) is 11.3. The van der Waals surface area contributed by atoms with Gasteiger partial charge < -0.3 is 4.90 Å². The minimum absolute atomic E-state index is 0.0292. The van der Waals surface area contributed by atoms with Gasteiger partial charge in [-0.25, -0.2) is 9.78 Å². The first-order valence-corrected chi connectivity index (χ1v) is 11.3. The Kier molecular flexibility index (Phi) is 7.28. The summed E-state index contributed by atoms with van der Waals surface area (Å²) in [6.07, 6.45) is 1.47. The Morgan fingerprint density at radius 3 is 2.41 bits per heavy atom. The van der Waals surface area contributed by atoms with Crippen molar-refractivity contribution in [1.82, 2.24) is 19.4 Å². The average molecular weight is 437 g/mol. The number of rotatable bonds is 8. The van der Waals surface area contributed by atoms with Crippen LogP contribution in [0.1, 0.15) is 75.0 Å². The maximum Gasteiger partial charge on any atom is 0.329 e. The first-order chi connectivity index (χ1) is 15.3. The van der Waals surface area contributed by atoms with Crippen molar-refractivity contribution in [2.24, 2.45) is 0 Å². The lowest BCUT2D eigenvalue weighted by molar-refractivity contribution is 0.0673. The SMILES string of the molecule is CCCn1c(=O)[nH]c(=O)c2c(C(=O)N(Cc3ccccc3)C(C)CC)cc(C(C)C)nc21. The summed E-state index contributed by atoms with van der Waals surface area (Å²) < 4.78 is 1.46. The van der Waals surface area contributed by atoms with Gasteiger partial charge in [0.15, 0.2) is 5.65 Å². The van der Waals surface area contributed by atoms with Gasteiger partial charge in [0.25, 0.3) is 11.5 Å². The fourth-order valence-corrected chi connectivity index (χ4v) is 3.77. The van der Waals surface area contributed by atoms with Crippen molar-refractivity contribution in [3.63, 3.8) is 0 Å². The van der Waals surface area contributed by atoms with E-state index in [1.807, 2.05) is 65.0 Å². The summed E-state index contributed by atoms with van der Waals surface area (Å²) in [7, 11) is 0. The number of amides is 1. The number of H-pyrrole nitrogens is 1. The van der Waals surface area contributed by atoms with Crippen LogP contribution in [0, 0.1) is 0 Å². The summed E-state index contributed by atoms with van der Waals surface area (Å²) in [6, 6.07) is 11.5. The lowest BCUT2D eigenvalue weighted by Crippen LogP contribution is -2.39. The second-order valence-corrected chi connectivity index (χ2v) is 8.53. The average Bonchev–Trinajstić information content (AvgIpc) is 2.79. The van der Waals surface area contributed by atoms with Crippen LogP contribution in [0.5, 0.6) is 0 Å². The monoisotopic (exact) mass is 436 g/mol. The molecule has 3 rings (SSSR count). The number of carbonyl (C=O) groups excluding carboxylic acids is 1. The van der Waals surface area contributed by atoms with Crippen molar-refractivity contribution in [3.8, 4) is 0 Å². The molecule has 2 aromatic heterocycles. The molecule has 1 aromatic carbocycles. The van der Waals surface area contributed by atoms with Gasteiger partial charge in [0.1, 0.15) is 0 Å². The molecule has 0 aliphatic rings. The van der Waals surface area contributed by atoms with Crippen LogP contribution in [-0.4, -0.2) is 31.4 Å². The van der Waals surface area contributed by atoms with Gasteiger partial charge in [0.05, 0.1) is 10.9 Å². The molecular weight excluding hydrogens is 404 g/mol. The topological polar surface area (TPSA) is 88.1 Å². The highest BCUT2D eigenvalue weighted by molar-refractivity contribution is 6.05. The van der Waals surface area contributed by atoms with Crippen LogP contribution in [0.4, 0.5) is 0 Å². The number of carbonyl (C=O) groups is 1. The zero-order chi connectivity index (χ0) is 23.4. The van der Waals surface area contributed by atoms with Crippen molar-refractivity contribution in [2.75, 3.05) is 0 Å². The number of benzene rings is 1. The van der Waals surface area contributed by atoms with Crippen molar-refractivity contribution >= 4 is 16.9 Å². The van der Waals surface area contributed by atoms with Crippen molar-refractivity contribution in [3.05, 3.63) is 74.1 Å². The van der Waals surface area contributed by atoms with E-state index in [-0.39, 0.29) is 28.9 Å². The maximum atomic E-state index is 13.9. The highest BCUT2D eigenvalue weighted by Crippen LogP contribution is 2.23. The number of aryl methyl sites for hydroxylation is 1. The summed E-state index contributed by atoms with van der Waals surface area (Å²) in [6.45, 7) is 10.8. The van der Waals surface area contributed by atoms with Crippen LogP contribution in [0.15, 0.2) is 46.0 Å². The molecule has 7 heteroatoms. The van der Waals surface area contributed by atoms with E-state index >= 15 is 0 Å². The molecule has 1 amide bonds. The van der Waals surface area contributed by atoms with Crippen molar-refractivity contribution in [2.45, 2.75) is 72.5 Å². The number of fused-ring (bicyclic) bond motifs is 1. The highest BCUT2D eigenvalue weighted by Gasteiger charge is 2.26. The van der Waals surface area contributed by atoms with Gasteiger partial charge in [0.2, 0.25) is 0 Å². The Morgan fingerprint density at radius 1 is 1.12 bits per heavy atom. The highest BCUT2D eigenvalue weighted by atomic mass is 16.2. The number of aromatic nitrogens is 3. The molecule has 0 fully saturated rings. The standard InChI is InChI=1S/C25H32N4O3/c1-6-13-28-22-21(23(30)27-25(28)32)19(14-20(26-22)16(3)4)24(31)29(17(5)7-2)15-18-11-9-8-10-12-18/h8-12,14,16-17H,6-7,13,15H2,1-5H3,(H,27,30,32). The predicted octanol–water partition coefficient (Wildman–Crippen LogP) is 4.06. The largest absolute Gasteiger partial charge is 0.332 e. The molecule has 0 aliphatic heterocycles. The van der Waals surface area contributed by atoms with E-state index in [0.29, 0.717) is 30.8 Å². The normalized spacial score (nSPS) is 12.3. The quantitative estimate of drug-likeness (QED) is 0.577. The molecule has 1 atom stereocenters. The molecule has 32 heavy (non-hydrogen) atoms. The van der Waals surface area contributed by atoms with Gasteiger partial charge in [-0.2, -0.15) is 0 Å². The lowest BCUT2D eigenvalue weighted by Gasteiger charge is -2.29. The van der Waals surface area contributed by atoms with Gasteiger partial charge in [-0.3, -0.25) is 19.1 Å². The molecule has 1 N–H and O–H groups in total. The van der Waals surface area contributed by atoms with E-state index in [1.165, 1.54) is 4.57 Å². The van der Waals surface area contributed by atoms with Crippen molar-refractivity contribution in [1.29, 1.82) is 0 Å². The predicted molar refractivity (Wildman–Crippen MR) is 127 cm³/mol. The van der Waals surface area contributed by atoms with Crippen LogP contribution in [0.25, 0.3) is 11.0 Å². The fraction of sp³-hybridized carbons (Fsp3) is 0.440. The summed E-state index contributed by atoms with van der Waals surface area (Å²) >= 11 is 0. The van der Waals surface area contributed by atoms with Crippen molar-refractivity contribution < 1.29 is 4.79 Å². The zero-order valence-corrected chi connectivity index (χ0v) is 19.5. The van der Waals surface area contributed by atoms with Gasteiger partial charge in [-0.15, -0.1) is 0 Å². The minimum atomic E-state index is -0.577. The number of hydrogen-bond acceptors (Lipinski definition) is 4. The zero-order valence-electron chi connectivity index (χ0n) is 19.5. The summed E-state index contributed by atoms with van der Waals surface area (Å²) in [5, 5.41) is 0.175. The Labute approximate surface area is 188 Å². The molecule has 0 saturated heterocycles. The molecule has 7 nitrogen and oxygen atoms in total. The summed E-state index contributed by atoms with van der Waals surface area (Å²) in [4.78, 5) is 48.1. The van der Waals surface area contributed by atoms with Gasteiger partial charge in [0, 0.05) is 24.8 Å². The second-order valence-electron chi connectivity index (χ2n) is 8.53. The van der Waals surface area contributed by atoms with Crippen LogP contribution in [0.2, 0.25) is 0 Å². The summed E-state index contributed by atoms with van der Waals surface area (Å²) in [5.41, 5.74) is 1.19. The Hall–Kier alpha value is -3.22. The minimum Gasteiger partial charge on any atom is -0.332 e. The van der Waals surface area contributed by atoms with E-state index in [9.17, 15) is 14.4 Å². The molecule has 0 aliphatic carbocycles. The lowest BCUT2D eigenvalue weighted by atomic mass is 10.0. The van der Waals surface area contributed by atoms with Gasteiger partial charge >= 0.3 is 5.69 Å². The molecule has 0 spiro atoms. The van der Waals surface area contributed by atoms with Gasteiger partial charge in [-0.1, -0.05) is 58.0 Å². The number of hydrogen-bond donors (Lipinski definition) is 1. The molecule has 2 heterocycles. The van der Waals surface area contributed by atoms with Crippen LogP contribution in [0.3, 0.4) is 0 Å². The number of aromatic amines is 1. The molecular formula is C25H32N4O3. The fourth-order valence-electron chi connectivity index (χ4n) is 3.77. The second kappa shape index (κ2) is 9.94. The third-order valence-corrected chi connectivity index (χ3v) is 5.82. The molecule has 170 valence electrons. The van der Waals surface area contributed by atoms with Crippen LogP contribution in [-0.2, 0) is 13.1 Å². The van der Waals surface area contributed by atoms with Gasteiger partial charge in [-0.05, 0) is 37.3 Å². The number of nitrogens with zero attached hydrogens (tertiary/aromatic N) is 3. The molecule has 0 radical (unpaired) electrons. The van der Waals surface area contributed by atoms with Crippen LogP contribution < -0.4 is 11.2 Å². The molecule has 0 bridgehead atoms. The number of nitrogens with one attached hydrogen (secondary N) is 1. The van der Waals surface area contributed by atoms with E-state index in [1.54, 1.807) is 11.0 Å². The van der Waals surface area contributed by atoms with Crippen LogP contribution >= 0.6 is 0 Å².